The second kappa shape index (κ2) is 9.89. The molecule has 1 atom stereocenters. The summed E-state index contributed by atoms with van der Waals surface area (Å²) >= 11 is 0. The normalized spacial score (nSPS) is 16.0. The number of nitrogens with one attached hydrogen (secondary N) is 1. The molecule has 0 radical (unpaired) electrons. The van der Waals surface area contributed by atoms with Crippen LogP contribution in [0.25, 0.3) is 0 Å². The van der Waals surface area contributed by atoms with Crippen LogP contribution < -0.4 is 5.32 Å². The van der Waals surface area contributed by atoms with Crippen LogP contribution in [0.15, 0.2) is 53.4 Å². The van der Waals surface area contributed by atoms with Crippen molar-refractivity contribution in [2.45, 2.75) is 30.8 Å². The third kappa shape index (κ3) is 5.49. The molecule has 168 valence electrons. The quantitative estimate of drug-likeness (QED) is 0.664. The Kier molecular flexibility index (Phi) is 7.22. The molecular weight excluding hydrogens is 437 g/mol. The van der Waals surface area contributed by atoms with Crippen LogP contribution in [0.3, 0.4) is 0 Å². The van der Waals surface area contributed by atoms with Crippen molar-refractivity contribution in [3.8, 4) is 6.07 Å². The first-order valence-corrected chi connectivity index (χ1v) is 11.4. The van der Waals surface area contributed by atoms with E-state index in [0.29, 0.717) is 11.3 Å². The van der Waals surface area contributed by atoms with Gasteiger partial charge in [0.15, 0.2) is 6.10 Å². The second-order valence-electron chi connectivity index (χ2n) is 7.39. The van der Waals surface area contributed by atoms with E-state index in [1.165, 1.54) is 29.4 Å². The van der Waals surface area contributed by atoms with Gasteiger partial charge >= 0.3 is 5.97 Å². The highest BCUT2D eigenvalue weighted by Crippen LogP contribution is 2.25. The molecule has 2 aromatic rings. The molecule has 1 amide bonds. The van der Waals surface area contributed by atoms with Crippen LogP contribution in [0.4, 0.5) is 10.1 Å². The van der Waals surface area contributed by atoms with E-state index in [9.17, 15) is 22.4 Å². The summed E-state index contributed by atoms with van der Waals surface area (Å²) in [5.41, 5.74) is 0.797. The number of benzene rings is 2. The Morgan fingerprint density at radius 1 is 1.19 bits per heavy atom. The number of hydrogen-bond donors (Lipinski definition) is 1. The van der Waals surface area contributed by atoms with E-state index in [0.717, 1.165) is 12.1 Å². The summed E-state index contributed by atoms with van der Waals surface area (Å²) in [6.07, 6.45) is -0.565. The first kappa shape index (κ1) is 23.4. The van der Waals surface area contributed by atoms with Gasteiger partial charge in [-0.1, -0.05) is 6.07 Å². The number of nitrogens with zero attached hydrogens (tertiary/aromatic N) is 2. The van der Waals surface area contributed by atoms with Crippen molar-refractivity contribution in [1.29, 1.82) is 5.26 Å². The minimum absolute atomic E-state index is 0.00862. The van der Waals surface area contributed by atoms with Gasteiger partial charge in [0, 0.05) is 18.8 Å². The van der Waals surface area contributed by atoms with Crippen molar-refractivity contribution in [3.05, 3.63) is 59.9 Å². The Morgan fingerprint density at radius 3 is 2.47 bits per heavy atom. The summed E-state index contributed by atoms with van der Waals surface area (Å²) in [4.78, 5) is 24.8. The largest absolute Gasteiger partial charge is 0.452 e. The Labute approximate surface area is 185 Å². The molecule has 2 aromatic carbocycles. The third-order valence-corrected chi connectivity index (χ3v) is 7.07. The van der Waals surface area contributed by atoms with Gasteiger partial charge in [0.25, 0.3) is 5.91 Å². The summed E-state index contributed by atoms with van der Waals surface area (Å²) < 4.78 is 45.0. The van der Waals surface area contributed by atoms with Gasteiger partial charge in [-0.3, -0.25) is 9.59 Å². The molecule has 1 heterocycles. The van der Waals surface area contributed by atoms with Crippen LogP contribution in [-0.4, -0.2) is 43.8 Å². The highest BCUT2D eigenvalue weighted by molar-refractivity contribution is 7.89. The maximum Gasteiger partial charge on any atom is 0.309 e. The average molecular weight is 459 g/mol. The van der Waals surface area contributed by atoms with Gasteiger partial charge in [-0.15, -0.1) is 0 Å². The van der Waals surface area contributed by atoms with Crippen molar-refractivity contribution in [2.75, 3.05) is 18.4 Å². The molecule has 1 fully saturated rings. The van der Waals surface area contributed by atoms with Crippen molar-refractivity contribution in [2.24, 2.45) is 5.92 Å². The van der Waals surface area contributed by atoms with Gasteiger partial charge in [-0.2, -0.15) is 9.57 Å². The molecule has 0 saturated carbocycles. The van der Waals surface area contributed by atoms with Crippen LogP contribution in [0.5, 0.6) is 0 Å². The number of carbonyl (C=O) groups is 2. The van der Waals surface area contributed by atoms with Gasteiger partial charge in [0.05, 0.1) is 22.4 Å². The van der Waals surface area contributed by atoms with Gasteiger partial charge in [-0.25, -0.2) is 12.8 Å². The number of anilines is 1. The zero-order chi connectivity index (χ0) is 23.3. The van der Waals surface area contributed by atoms with Gasteiger partial charge in [-0.05, 0) is 62.2 Å². The molecule has 0 bridgehead atoms. The third-order valence-electron chi connectivity index (χ3n) is 5.16. The number of sulfonamides is 1. The average Bonchev–Trinajstić information content (AvgIpc) is 2.79. The molecule has 1 saturated heterocycles. The summed E-state index contributed by atoms with van der Waals surface area (Å²) in [7, 11) is -3.78. The number of nitriles is 1. The van der Waals surface area contributed by atoms with E-state index in [-0.39, 0.29) is 30.8 Å². The maximum atomic E-state index is 13.1. The molecule has 32 heavy (non-hydrogen) atoms. The predicted octanol–water partition coefficient (Wildman–Crippen LogP) is 2.67. The highest BCUT2D eigenvalue weighted by atomic mass is 32.2. The molecule has 0 aromatic heterocycles. The Hall–Kier alpha value is -3.29. The number of carbonyl (C=O) groups excluding carboxylic acids is 2. The molecule has 3 rings (SSSR count). The summed E-state index contributed by atoms with van der Waals surface area (Å²) in [5.74, 6) is -2.17. The van der Waals surface area contributed by atoms with Gasteiger partial charge in [0.1, 0.15) is 5.82 Å². The number of amides is 1. The van der Waals surface area contributed by atoms with Crippen LogP contribution in [-0.2, 0) is 24.3 Å². The lowest BCUT2D eigenvalue weighted by molar-refractivity contribution is -0.158. The summed E-state index contributed by atoms with van der Waals surface area (Å²) in [5, 5.41) is 11.5. The van der Waals surface area contributed by atoms with Crippen molar-refractivity contribution in [3.63, 3.8) is 0 Å². The topological polar surface area (TPSA) is 117 Å². The minimum atomic E-state index is -3.78. The van der Waals surface area contributed by atoms with Crippen LogP contribution in [0.2, 0.25) is 0 Å². The maximum absolute atomic E-state index is 13.1. The fourth-order valence-corrected chi connectivity index (χ4v) is 4.79. The van der Waals surface area contributed by atoms with E-state index in [1.807, 2.05) is 6.07 Å². The lowest BCUT2D eigenvalue weighted by atomic mass is 9.98. The first-order chi connectivity index (χ1) is 15.2. The molecule has 0 spiro atoms. The first-order valence-electron chi connectivity index (χ1n) is 9.98. The van der Waals surface area contributed by atoms with E-state index in [4.69, 9.17) is 10.00 Å². The molecular formula is C22H22FN3O5S. The number of halogens is 1. The number of piperidine rings is 1. The van der Waals surface area contributed by atoms with Crippen LogP contribution in [0, 0.1) is 23.1 Å². The van der Waals surface area contributed by atoms with Crippen molar-refractivity contribution >= 4 is 27.6 Å². The fraction of sp³-hybridized carbons (Fsp3) is 0.318. The Balaban J connectivity index is 1.53. The molecule has 10 heteroatoms. The number of hydrogen-bond acceptors (Lipinski definition) is 6. The van der Waals surface area contributed by atoms with E-state index in [1.54, 1.807) is 18.2 Å². The van der Waals surface area contributed by atoms with Gasteiger partial charge < -0.3 is 10.1 Å². The van der Waals surface area contributed by atoms with Crippen LogP contribution in [0.1, 0.15) is 25.3 Å². The van der Waals surface area contributed by atoms with E-state index in [2.05, 4.69) is 5.32 Å². The molecule has 1 aliphatic rings. The molecule has 1 aliphatic heterocycles. The van der Waals surface area contributed by atoms with E-state index < -0.39 is 39.7 Å². The van der Waals surface area contributed by atoms with E-state index >= 15 is 0 Å². The monoisotopic (exact) mass is 459 g/mol. The molecule has 1 unspecified atom stereocenters. The highest BCUT2D eigenvalue weighted by Gasteiger charge is 2.34. The Morgan fingerprint density at radius 2 is 1.84 bits per heavy atom. The Bertz CT molecular complexity index is 1140. The predicted molar refractivity (Wildman–Crippen MR) is 113 cm³/mol. The number of rotatable bonds is 6. The number of ether oxygens (including phenoxy) is 1. The smallest absolute Gasteiger partial charge is 0.309 e. The second-order valence-corrected chi connectivity index (χ2v) is 9.33. The molecule has 0 aliphatic carbocycles. The lowest BCUT2D eigenvalue weighted by Crippen LogP contribution is -2.41. The number of esters is 1. The molecule has 1 N–H and O–H groups in total. The minimum Gasteiger partial charge on any atom is -0.452 e. The molecule has 8 nitrogen and oxygen atoms in total. The fourth-order valence-electron chi connectivity index (χ4n) is 3.32. The van der Waals surface area contributed by atoms with Crippen LogP contribution >= 0.6 is 0 Å². The zero-order valence-corrected chi connectivity index (χ0v) is 18.1. The van der Waals surface area contributed by atoms with Crippen molar-refractivity contribution < 1.29 is 27.1 Å². The zero-order valence-electron chi connectivity index (χ0n) is 17.3. The summed E-state index contributed by atoms with van der Waals surface area (Å²) in [6.45, 7) is 1.66. The SMILES string of the molecule is CC(OC(=O)C1CCN(S(=O)(=O)c2ccc(F)cc2)CC1)C(=O)Nc1cccc(C#N)c1. The van der Waals surface area contributed by atoms with Gasteiger partial charge in [0.2, 0.25) is 10.0 Å². The van der Waals surface area contributed by atoms with Crippen molar-refractivity contribution in [1.82, 2.24) is 4.31 Å². The standard InChI is InChI=1S/C22H22FN3O5S/c1-15(21(27)25-19-4-2-3-16(13-19)14-24)31-22(28)17-9-11-26(12-10-17)32(29,30)20-7-5-18(23)6-8-20/h2-8,13,15,17H,9-12H2,1H3,(H,25,27). The summed E-state index contributed by atoms with van der Waals surface area (Å²) in [6, 6.07) is 12.9. The lowest BCUT2D eigenvalue weighted by Gasteiger charge is -2.30.